The highest BCUT2D eigenvalue weighted by molar-refractivity contribution is 5.94. The van der Waals surface area contributed by atoms with E-state index in [9.17, 15) is 9.18 Å². The van der Waals surface area contributed by atoms with Gasteiger partial charge < -0.3 is 19.1 Å². The van der Waals surface area contributed by atoms with Crippen molar-refractivity contribution >= 4 is 5.91 Å². The first kappa shape index (κ1) is 17.6. The first-order valence-corrected chi connectivity index (χ1v) is 7.30. The van der Waals surface area contributed by atoms with Gasteiger partial charge in [0.05, 0.1) is 21.3 Å². The third kappa shape index (κ3) is 3.59. The zero-order valence-corrected chi connectivity index (χ0v) is 14.1. The minimum absolute atomic E-state index is 0.277. The Labute approximate surface area is 140 Å². The van der Waals surface area contributed by atoms with Crippen LogP contribution in [-0.2, 0) is 6.54 Å². The molecular formula is C18H20FNO4. The number of benzene rings is 2. The Bertz CT molecular complexity index is 733. The zero-order valence-electron chi connectivity index (χ0n) is 14.1. The Hall–Kier alpha value is -2.76. The van der Waals surface area contributed by atoms with Crippen LogP contribution in [0.25, 0.3) is 0 Å². The van der Waals surface area contributed by atoms with Gasteiger partial charge in [0.2, 0.25) is 5.75 Å². The van der Waals surface area contributed by atoms with E-state index in [-0.39, 0.29) is 18.0 Å². The van der Waals surface area contributed by atoms with E-state index in [2.05, 4.69) is 0 Å². The van der Waals surface area contributed by atoms with Crippen LogP contribution in [0.3, 0.4) is 0 Å². The second-order valence-corrected chi connectivity index (χ2v) is 5.17. The number of nitrogens with zero attached hydrogens (tertiary/aromatic N) is 1. The Morgan fingerprint density at radius 2 is 1.75 bits per heavy atom. The lowest BCUT2D eigenvalue weighted by Crippen LogP contribution is -2.26. The maximum Gasteiger partial charge on any atom is 0.254 e. The average Bonchev–Trinajstić information content (AvgIpc) is 2.60. The third-order valence-corrected chi connectivity index (χ3v) is 3.61. The van der Waals surface area contributed by atoms with E-state index in [1.165, 1.54) is 44.4 Å². The van der Waals surface area contributed by atoms with E-state index < -0.39 is 5.82 Å². The Balaban J connectivity index is 2.28. The van der Waals surface area contributed by atoms with Gasteiger partial charge in [0.1, 0.15) is 5.82 Å². The van der Waals surface area contributed by atoms with Gasteiger partial charge in [0, 0.05) is 24.7 Å². The van der Waals surface area contributed by atoms with Crippen LogP contribution in [0.15, 0.2) is 36.4 Å². The van der Waals surface area contributed by atoms with E-state index in [1.54, 1.807) is 25.2 Å². The van der Waals surface area contributed by atoms with Crippen LogP contribution in [0.5, 0.6) is 17.2 Å². The summed E-state index contributed by atoms with van der Waals surface area (Å²) in [6.07, 6.45) is 0. The summed E-state index contributed by atoms with van der Waals surface area (Å²) in [4.78, 5) is 13.9. The Morgan fingerprint density at radius 3 is 2.33 bits per heavy atom. The molecule has 1 amide bonds. The molecule has 0 saturated heterocycles. The van der Waals surface area contributed by atoms with Gasteiger partial charge in [-0.05, 0) is 30.3 Å². The van der Waals surface area contributed by atoms with Crippen molar-refractivity contribution < 1.29 is 23.4 Å². The lowest BCUT2D eigenvalue weighted by Gasteiger charge is -2.21. The quantitative estimate of drug-likeness (QED) is 0.815. The summed E-state index contributed by atoms with van der Waals surface area (Å²) in [5.41, 5.74) is 1.04. The second kappa shape index (κ2) is 7.68. The molecule has 0 radical (unpaired) electrons. The standard InChI is InChI=1S/C18H20FNO4/c1-20(18(21)12-6-5-7-14(19)10-12)11-13-8-9-15(22-2)17(24-4)16(13)23-3/h5-10H,11H2,1-4H3. The van der Waals surface area contributed by atoms with Gasteiger partial charge in [-0.25, -0.2) is 4.39 Å². The molecule has 0 aliphatic heterocycles. The van der Waals surface area contributed by atoms with Gasteiger partial charge in [0.25, 0.3) is 5.91 Å². The summed E-state index contributed by atoms with van der Waals surface area (Å²) < 4.78 is 29.3. The van der Waals surface area contributed by atoms with Crippen LogP contribution in [0, 0.1) is 5.82 Å². The van der Waals surface area contributed by atoms with Crippen molar-refractivity contribution in [3.63, 3.8) is 0 Å². The minimum atomic E-state index is -0.446. The van der Waals surface area contributed by atoms with Crippen LogP contribution in [-0.4, -0.2) is 39.2 Å². The number of amides is 1. The fourth-order valence-electron chi connectivity index (χ4n) is 2.46. The lowest BCUT2D eigenvalue weighted by molar-refractivity contribution is 0.0783. The summed E-state index contributed by atoms with van der Waals surface area (Å²) in [5, 5.41) is 0. The van der Waals surface area contributed by atoms with Gasteiger partial charge in [-0.15, -0.1) is 0 Å². The topological polar surface area (TPSA) is 48.0 Å². The number of halogens is 1. The van der Waals surface area contributed by atoms with Crippen LogP contribution in [0.2, 0.25) is 0 Å². The molecule has 0 saturated carbocycles. The summed E-state index contributed by atoms with van der Waals surface area (Å²) in [7, 11) is 6.22. The molecule has 128 valence electrons. The maximum absolute atomic E-state index is 13.3. The van der Waals surface area contributed by atoms with Crippen LogP contribution in [0.4, 0.5) is 4.39 Å². The number of carbonyl (C=O) groups is 1. The molecule has 2 aromatic rings. The van der Waals surface area contributed by atoms with Crippen molar-refractivity contribution in [2.24, 2.45) is 0 Å². The summed E-state index contributed by atoms with van der Waals surface area (Å²) in [6, 6.07) is 9.15. The monoisotopic (exact) mass is 333 g/mol. The van der Waals surface area contributed by atoms with Gasteiger partial charge >= 0.3 is 0 Å². The molecule has 0 bridgehead atoms. The smallest absolute Gasteiger partial charge is 0.254 e. The molecule has 24 heavy (non-hydrogen) atoms. The maximum atomic E-state index is 13.3. The SMILES string of the molecule is COc1ccc(CN(C)C(=O)c2cccc(F)c2)c(OC)c1OC. The number of carbonyl (C=O) groups excluding carboxylic acids is 1. The molecule has 2 rings (SSSR count). The van der Waals surface area contributed by atoms with Gasteiger partial charge in [-0.1, -0.05) is 6.07 Å². The van der Waals surface area contributed by atoms with E-state index in [1.807, 2.05) is 0 Å². The number of rotatable bonds is 6. The zero-order chi connectivity index (χ0) is 17.7. The fraction of sp³-hybridized carbons (Fsp3) is 0.278. The molecule has 0 N–H and O–H groups in total. The Kier molecular flexibility index (Phi) is 5.63. The number of methoxy groups -OCH3 is 3. The molecule has 2 aromatic carbocycles. The number of ether oxygens (including phenoxy) is 3. The van der Waals surface area contributed by atoms with Gasteiger partial charge in [-0.3, -0.25) is 4.79 Å². The molecule has 6 heteroatoms. The lowest BCUT2D eigenvalue weighted by atomic mass is 10.1. The van der Waals surface area contributed by atoms with E-state index in [0.717, 1.165) is 5.56 Å². The highest BCUT2D eigenvalue weighted by Gasteiger charge is 2.19. The van der Waals surface area contributed by atoms with Crippen molar-refractivity contribution in [1.82, 2.24) is 4.90 Å². The van der Waals surface area contributed by atoms with Crippen molar-refractivity contribution in [2.45, 2.75) is 6.54 Å². The molecular weight excluding hydrogens is 313 g/mol. The largest absolute Gasteiger partial charge is 0.493 e. The van der Waals surface area contributed by atoms with E-state index >= 15 is 0 Å². The summed E-state index contributed by atoms with van der Waals surface area (Å²) >= 11 is 0. The number of hydrogen-bond acceptors (Lipinski definition) is 4. The first-order valence-electron chi connectivity index (χ1n) is 7.30. The minimum Gasteiger partial charge on any atom is -0.493 e. The molecule has 0 aromatic heterocycles. The summed E-state index contributed by atoms with van der Waals surface area (Å²) in [6.45, 7) is 0.277. The highest BCUT2D eigenvalue weighted by atomic mass is 19.1. The predicted octanol–water partition coefficient (Wildman–Crippen LogP) is 3.12. The third-order valence-electron chi connectivity index (χ3n) is 3.61. The van der Waals surface area contributed by atoms with Crippen molar-refractivity contribution in [3.05, 3.63) is 53.3 Å². The van der Waals surface area contributed by atoms with Crippen LogP contribution in [0.1, 0.15) is 15.9 Å². The van der Waals surface area contributed by atoms with E-state index in [4.69, 9.17) is 14.2 Å². The molecule has 0 spiro atoms. The molecule has 0 unspecified atom stereocenters. The molecule has 0 atom stereocenters. The molecule has 5 nitrogen and oxygen atoms in total. The van der Waals surface area contributed by atoms with E-state index in [0.29, 0.717) is 17.2 Å². The van der Waals surface area contributed by atoms with Crippen LogP contribution < -0.4 is 14.2 Å². The molecule has 0 fully saturated rings. The predicted molar refractivity (Wildman–Crippen MR) is 88.3 cm³/mol. The Morgan fingerprint density at radius 1 is 1.04 bits per heavy atom. The second-order valence-electron chi connectivity index (χ2n) is 5.17. The van der Waals surface area contributed by atoms with Crippen molar-refractivity contribution in [2.75, 3.05) is 28.4 Å². The molecule has 0 heterocycles. The average molecular weight is 333 g/mol. The first-order chi connectivity index (χ1) is 11.5. The van der Waals surface area contributed by atoms with Gasteiger partial charge in [0.15, 0.2) is 11.5 Å². The summed E-state index contributed by atoms with van der Waals surface area (Å²) in [5.74, 6) is 0.765. The molecule has 0 aliphatic carbocycles. The molecule has 0 aliphatic rings. The van der Waals surface area contributed by atoms with Gasteiger partial charge in [-0.2, -0.15) is 0 Å². The van der Waals surface area contributed by atoms with Crippen molar-refractivity contribution in [1.29, 1.82) is 0 Å². The fourth-order valence-corrected chi connectivity index (χ4v) is 2.46. The highest BCUT2D eigenvalue weighted by Crippen LogP contribution is 2.40. The normalized spacial score (nSPS) is 10.2. The number of hydrogen-bond donors (Lipinski definition) is 0. The van der Waals surface area contributed by atoms with Crippen molar-refractivity contribution in [3.8, 4) is 17.2 Å². The van der Waals surface area contributed by atoms with Crippen LogP contribution >= 0.6 is 0 Å².